The van der Waals surface area contributed by atoms with Crippen molar-refractivity contribution in [1.82, 2.24) is 24.5 Å². The van der Waals surface area contributed by atoms with Gasteiger partial charge in [0.15, 0.2) is 0 Å². The zero-order valence-electron chi connectivity index (χ0n) is 20.2. The van der Waals surface area contributed by atoms with E-state index in [1.165, 1.54) is 12.1 Å². The second-order valence-corrected chi connectivity index (χ2v) is 9.77. The van der Waals surface area contributed by atoms with Crippen LogP contribution in [0.2, 0.25) is 0 Å². The lowest BCUT2D eigenvalue weighted by atomic mass is 10.1. The number of anilines is 1. The van der Waals surface area contributed by atoms with Crippen LogP contribution in [0.5, 0.6) is 0 Å². The molecule has 4 rings (SSSR count). The van der Waals surface area contributed by atoms with Crippen molar-refractivity contribution in [2.45, 2.75) is 58.2 Å². The fourth-order valence-corrected chi connectivity index (χ4v) is 4.27. The first-order chi connectivity index (χ1) is 16.6. The molecule has 10 heteroatoms. The Balaban J connectivity index is 1.52. The minimum absolute atomic E-state index is 0.0503. The number of nitriles is 1. The Bertz CT molecular complexity index is 1250. The maximum atomic E-state index is 13.5. The number of likely N-dealkylation sites (tertiary alicyclic amines) is 1. The van der Waals surface area contributed by atoms with Gasteiger partial charge in [-0.3, -0.25) is 4.68 Å². The van der Waals surface area contributed by atoms with Gasteiger partial charge in [0.05, 0.1) is 18.8 Å². The molecule has 0 aliphatic carbocycles. The molecule has 3 aromatic rings. The van der Waals surface area contributed by atoms with E-state index in [1.807, 2.05) is 26.8 Å². The first-order valence-electron chi connectivity index (χ1n) is 11.7. The summed E-state index contributed by atoms with van der Waals surface area (Å²) in [6, 6.07) is 8.46. The quantitative estimate of drug-likeness (QED) is 0.595. The van der Waals surface area contributed by atoms with Crippen molar-refractivity contribution in [3.05, 3.63) is 53.6 Å². The number of nitrogens with two attached hydrogens (primary N) is 1. The topological polar surface area (TPSA) is 115 Å². The molecule has 9 nitrogen and oxygen atoms in total. The van der Waals surface area contributed by atoms with E-state index in [9.17, 15) is 14.4 Å². The number of aromatic nitrogens is 4. The van der Waals surface area contributed by atoms with Gasteiger partial charge < -0.3 is 15.4 Å². The van der Waals surface area contributed by atoms with Gasteiger partial charge in [-0.2, -0.15) is 15.5 Å². The lowest BCUT2D eigenvalue weighted by molar-refractivity contribution is 0.0255. The summed E-state index contributed by atoms with van der Waals surface area (Å²) in [5.41, 5.74) is 8.00. The molecule has 0 radical (unpaired) electrons. The Hall–Kier alpha value is -3.87. The van der Waals surface area contributed by atoms with Crippen LogP contribution >= 0.6 is 0 Å². The zero-order chi connectivity index (χ0) is 25.2. The first kappa shape index (κ1) is 24.3. The number of nitrogens with zero attached hydrogens (tertiary/aromatic N) is 6. The number of hydrogen-bond acceptors (Lipinski definition) is 6. The van der Waals surface area contributed by atoms with E-state index >= 15 is 0 Å². The van der Waals surface area contributed by atoms with Gasteiger partial charge in [0.2, 0.25) is 0 Å². The average Bonchev–Trinajstić information content (AvgIpc) is 3.27. The predicted molar refractivity (Wildman–Crippen MR) is 129 cm³/mol. The molecule has 0 bridgehead atoms. The minimum atomic E-state index is -0.551. The molecule has 1 saturated heterocycles. The fraction of sp³-hybridized carbons (Fsp3) is 0.440. The molecule has 0 spiro atoms. The Labute approximate surface area is 203 Å². The van der Waals surface area contributed by atoms with Crippen LogP contribution in [0.3, 0.4) is 0 Å². The normalized spacial score (nSPS) is 16.5. The van der Waals surface area contributed by atoms with Crippen molar-refractivity contribution in [3.8, 4) is 17.3 Å². The molecular weight excluding hydrogens is 449 g/mol. The highest BCUT2D eigenvalue weighted by Gasteiger charge is 2.28. The number of rotatable bonds is 4. The SMILES string of the molecule is CC(C)(C)OC(=O)N1CCC[C@H](n2nc(-c3cnn(Cc4cccc(F)c4)c3)c(C#N)c2N)CC1. The lowest BCUT2D eigenvalue weighted by Gasteiger charge is -2.26. The van der Waals surface area contributed by atoms with Gasteiger partial charge in [0.25, 0.3) is 0 Å². The molecule has 35 heavy (non-hydrogen) atoms. The Morgan fingerprint density at radius 3 is 2.83 bits per heavy atom. The number of hydrogen-bond donors (Lipinski definition) is 1. The van der Waals surface area contributed by atoms with Crippen molar-refractivity contribution in [1.29, 1.82) is 5.26 Å². The number of amides is 1. The maximum absolute atomic E-state index is 13.5. The monoisotopic (exact) mass is 479 g/mol. The van der Waals surface area contributed by atoms with Gasteiger partial charge in [-0.05, 0) is 57.7 Å². The van der Waals surface area contributed by atoms with Crippen LogP contribution in [-0.2, 0) is 11.3 Å². The van der Waals surface area contributed by atoms with Gasteiger partial charge >= 0.3 is 6.09 Å². The third kappa shape index (κ3) is 5.62. The van der Waals surface area contributed by atoms with E-state index in [1.54, 1.807) is 32.7 Å². The van der Waals surface area contributed by atoms with Crippen LogP contribution in [0.1, 0.15) is 57.2 Å². The van der Waals surface area contributed by atoms with E-state index in [0.29, 0.717) is 48.7 Å². The third-order valence-electron chi connectivity index (χ3n) is 5.89. The molecule has 1 aliphatic rings. The van der Waals surface area contributed by atoms with Gasteiger partial charge in [0.1, 0.15) is 34.6 Å². The van der Waals surface area contributed by atoms with E-state index in [4.69, 9.17) is 15.6 Å². The third-order valence-corrected chi connectivity index (χ3v) is 5.89. The number of nitrogen functional groups attached to an aromatic ring is 1. The smallest absolute Gasteiger partial charge is 0.410 e. The predicted octanol–water partition coefficient (Wildman–Crippen LogP) is 4.35. The Kier molecular flexibility index (Phi) is 6.78. The van der Waals surface area contributed by atoms with Crippen LogP contribution in [0.25, 0.3) is 11.3 Å². The summed E-state index contributed by atoms with van der Waals surface area (Å²) < 4.78 is 22.4. The number of ether oxygens (including phenoxy) is 1. The van der Waals surface area contributed by atoms with Crippen molar-refractivity contribution >= 4 is 11.9 Å². The second kappa shape index (κ2) is 9.78. The number of halogens is 1. The first-order valence-corrected chi connectivity index (χ1v) is 11.7. The highest BCUT2D eigenvalue weighted by molar-refractivity contribution is 5.72. The molecule has 1 atom stereocenters. The van der Waals surface area contributed by atoms with E-state index in [0.717, 1.165) is 18.4 Å². The summed E-state index contributed by atoms with van der Waals surface area (Å²) in [7, 11) is 0. The van der Waals surface area contributed by atoms with E-state index < -0.39 is 5.60 Å². The summed E-state index contributed by atoms with van der Waals surface area (Å²) in [4.78, 5) is 14.2. The van der Waals surface area contributed by atoms with Crippen molar-refractivity contribution in [2.24, 2.45) is 0 Å². The van der Waals surface area contributed by atoms with Gasteiger partial charge in [-0.15, -0.1) is 0 Å². The molecule has 184 valence electrons. The van der Waals surface area contributed by atoms with Crippen molar-refractivity contribution in [3.63, 3.8) is 0 Å². The lowest BCUT2D eigenvalue weighted by Crippen LogP contribution is -2.37. The molecule has 2 N–H and O–H groups in total. The minimum Gasteiger partial charge on any atom is -0.444 e. The fourth-order valence-electron chi connectivity index (χ4n) is 4.27. The highest BCUT2D eigenvalue weighted by atomic mass is 19.1. The average molecular weight is 480 g/mol. The summed E-state index contributed by atoms with van der Waals surface area (Å²) in [6.07, 6.45) is 5.27. The highest BCUT2D eigenvalue weighted by Crippen LogP contribution is 2.32. The molecule has 1 aromatic carbocycles. The molecular formula is C25H30FN7O2. The van der Waals surface area contributed by atoms with Crippen LogP contribution in [0, 0.1) is 17.1 Å². The summed E-state index contributed by atoms with van der Waals surface area (Å²) in [6.45, 7) is 7.04. The van der Waals surface area contributed by atoms with Gasteiger partial charge in [-0.25, -0.2) is 13.9 Å². The number of carbonyl (C=O) groups excluding carboxylic acids is 1. The van der Waals surface area contributed by atoms with Crippen LogP contribution in [-0.4, -0.2) is 49.2 Å². The summed E-state index contributed by atoms with van der Waals surface area (Å²) in [5, 5.41) is 18.9. The molecule has 3 heterocycles. The number of benzene rings is 1. The van der Waals surface area contributed by atoms with Crippen LogP contribution < -0.4 is 5.73 Å². The largest absolute Gasteiger partial charge is 0.444 e. The van der Waals surface area contributed by atoms with Crippen LogP contribution in [0.4, 0.5) is 15.0 Å². The maximum Gasteiger partial charge on any atom is 0.410 e. The molecule has 0 saturated carbocycles. The van der Waals surface area contributed by atoms with E-state index in [-0.39, 0.29) is 18.0 Å². The number of carbonyl (C=O) groups is 1. The van der Waals surface area contributed by atoms with Gasteiger partial charge in [-0.1, -0.05) is 12.1 Å². The summed E-state index contributed by atoms with van der Waals surface area (Å²) >= 11 is 0. The van der Waals surface area contributed by atoms with Crippen molar-refractivity contribution < 1.29 is 13.9 Å². The standard InChI is InChI=1S/C25H30FN7O2/c1-25(2,3)35-24(34)31-10-5-8-20(9-11-31)33-23(28)21(13-27)22(30-33)18-14-29-32(16-18)15-17-6-4-7-19(26)12-17/h4,6-7,12,14,16,20H,5,8-11,15,28H2,1-3H3/t20-/m0/s1. The molecule has 1 amide bonds. The Morgan fingerprint density at radius 2 is 2.11 bits per heavy atom. The summed E-state index contributed by atoms with van der Waals surface area (Å²) in [5.74, 6) is -0.00195. The van der Waals surface area contributed by atoms with E-state index in [2.05, 4.69) is 11.2 Å². The van der Waals surface area contributed by atoms with Gasteiger partial charge in [0, 0.05) is 24.8 Å². The molecule has 2 aromatic heterocycles. The molecule has 1 fully saturated rings. The molecule has 0 unspecified atom stereocenters. The molecule has 1 aliphatic heterocycles. The van der Waals surface area contributed by atoms with Crippen LogP contribution in [0.15, 0.2) is 36.7 Å². The zero-order valence-corrected chi connectivity index (χ0v) is 20.2. The second-order valence-electron chi connectivity index (χ2n) is 9.77. The van der Waals surface area contributed by atoms with Crippen molar-refractivity contribution in [2.75, 3.05) is 18.8 Å². The Morgan fingerprint density at radius 1 is 1.31 bits per heavy atom.